The summed E-state index contributed by atoms with van der Waals surface area (Å²) in [5, 5.41) is 0. The molecule has 1 unspecified atom stereocenters. The molecule has 0 spiro atoms. The molecule has 34 heavy (non-hydrogen) atoms. The van der Waals surface area contributed by atoms with Crippen LogP contribution >= 0.6 is 0 Å². The summed E-state index contributed by atoms with van der Waals surface area (Å²) in [7, 11) is 3.14. The van der Waals surface area contributed by atoms with Crippen molar-refractivity contribution >= 4 is 17.5 Å². The second kappa shape index (κ2) is 10.3. The molecule has 0 fully saturated rings. The number of carbonyl (C=O) groups is 2. The molecule has 4 rings (SSSR count). The Balaban J connectivity index is 1.72. The lowest BCUT2D eigenvalue weighted by Crippen LogP contribution is -2.38. The first-order chi connectivity index (χ1) is 16.4. The van der Waals surface area contributed by atoms with Gasteiger partial charge in [0, 0.05) is 36.4 Å². The first-order valence-electron chi connectivity index (χ1n) is 11.3. The molecule has 178 valence electrons. The molecule has 7 heteroatoms. The molecule has 6 nitrogen and oxygen atoms in total. The third-order valence-electron chi connectivity index (χ3n) is 6.49. The van der Waals surface area contributed by atoms with E-state index >= 15 is 0 Å². The van der Waals surface area contributed by atoms with Gasteiger partial charge < -0.3 is 14.2 Å². The standard InChI is InChI=1S/C27H28FNO5/c1-16-24(27(31)34-13-12-32-2)25(18-4-8-20(28)9-5-18)26-22(29-16)14-19(15-23(26)30)17-6-10-21(33-3)11-7-17/h4-11,19,24-25H,12-15H2,1-3H3/t19-,24?,25-/m1/s1. The molecule has 2 aromatic carbocycles. The van der Waals surface area contributed by atoms with Crippen LogP contribution in [0.2, 0.25) is 0 Å². The van der Waals surface area contributed by atoms with Crippen LogP contribution in [0.25, 0.3) is 0 Å². The lowest BCUT2D eigenvalue weighted by Gasteiger charge is -2.36. The van der Waals surface area contributed by atoms with Crippen molar-refractivity contribution in [1.29, 1.82) is 0 Å². The average Bonchev–Trinajstić information content (AvgIpc) is 2.83. The van der Waals surface area contributed by atoms with Crippen molar-refractivity contribution in [3.05, 3.63) is 76.7 Å². The second-order valence-electron chi connectivity index (χ2n) is 8.58. The van der Waals surface area contributed by atoms with Gasteiger partial charge in [0.25, 0.3) is 0 Å². The van der Waals surface area contributed by atoms with Crippen LogP contribution in [0, 0.1) is 11.7 Å². The SMILES string of the molecule is COCCOC(=O)C1C(C)=NC2=C(C(=O)C[C@H](c3ccc(OC)cc3)C2)[C@@H]1c1ccc(F)cc1. The zero-order valence-electron chi connectivity index (χ0n) is 19.5. The van der Waals surface area contributed by atoms with Gasteiger partial charge >= 0.3 is 5.97 Å². The Labute approximate surface area is 198 Å². The predicted molar refractivity (Wildman–Crippen MR) is 126 cm³/mol. The third-order valence-corrected chi connectivity index (χ3v) is 6.49. The van der Waals surface area contributed by atoms with Crippen LogP contribution in [0.15, 0.2) is 64.8 Å². The molecule has 2 aliphatic rings. The van der Waals surface area contributed by atoms with Crippen molar-refractivity contribution in [1.82, 2.24) is 0 Å². The zero-order chi connectivity index (χ0) is 24.2. The number of Topliss-reactive ketones (excluding diaryl/α,β-unsaturated/α-hetero) is 1. The highest BCUT2D eigenvalue weighted by Crippen LogP contribution is 2.47. The lowest BCUT2D eigenvalue weighted by molar-refractivity contribution is -0.147. The Kier molecular flexibility index (Phi) is 7.22. The van der Waals surface area contributed by atoms with E-state index < -0.39 is 17.8 Å². The second-order valence-corrected chi connectivity index (χ2v) is 8.58. The van der Waals surface area contributed by atoms with Crippen LogP contribution in [-0.2, 0) is 19.1 Å². The summed E-state index contributed by atoms with van der Waals surface area (Å²) in [5.41, 5.74) is 3.51. The number of benzene rings is 2. The quantitative estimate of drug-likeness (QED) is 0.441. The number of rotatable bonds is 7. The van der Waals surface area contributed by atoms with Gasteiger partial charge in [-0.3, -0.25) is 14.6 Å². The minimum atomic E-state index is -0.762. The molecule has 3 atom stereocenters. The summed E-state index contributed by atoms with van der Waals surface area (Å²) in [6, 6.07) is 13.6. The number of halogens is 1. The maximum absolute atomic E-state index is 13.7. The normalized spacial score (nSPS) is 22.2. The molecular weight excluding hydrogens is 437 g/mol. The van der Waals surface area contributed by atoms with E-state index in [1.807, 2.05) is 24.3 Å². The highest BCUT2D eigenvalue weighted by atomic mass is 19.1. The molecule has 1 heterocycles. The molecule has 1 aliphatic heterocycles. The number of ketones is 1. The summed E-state index contributed by atoms with van der Waals surface area (Å²) in [6.45, 7) is 2.16. The summed E-state index contributed by atoms with van der Waals surface area (Å²) < 4.78 is 29.3. The maximum atomic E-state index is 13.7. The van der Waals surface area contributed by atoms with E-state index in [0.29, 0.717) is 35.4 Å². The van der Waals surface area contributed by atoms with Gasteiger partial charge in [-0.25, -0.2) is 4.39 Å². The van der Waals surface area contributed by atoms with Gasteiger partial charge in [-0.15, -0.1) is 0 Å². The van der Waals surface area contributed by atoms with Crippen molar-refractivity contribution in [2.45, 2.75) is 31.6 Å². The smallest absolute Gasteiger partial charge is 0.315 e. The van der Waals surface area contributed by atoms with Crippen molar-refractivity contribution in [3.63, 3.8) is 0 Å². The fourth-order valence-corrected chi connectivity index (χ4v) is 4.82. The summed E-state index contributed by atoms with van der Waals surface area (Å²) in [5.74, 6) is -1.51. The number of ether oxygens (including phenoxy) is 3. The molecule has 0 aromatic heterocycles. The van der Waals surface area contributed by atoms with Gasteiger partial charge in [0.1, 0.15) is 24.1 Å². The number of nitrogens with zero attached hydrogens (tertiary/aromatic N) is 1. The fraction of sp³-hybridized carbons (Fsp3) is 0.370. The third kappa shape index (κ3) is 4.80. The van der Waals surface area contributed by atoms with Gasteiger partial charge in [-0.05, 0) is 54.7 Å². The van der Waals surface area contributed by atoms with Gasteiger partial charge in [0.2, 0.25) is 0 Å². The molecule has 0 bridgehead atoms. The van der Waals surface area contributed by atoms with Crippen molar-refractivity contribution in [2.24, 2.45) is 10.9 Å². The van der Waals surface area contributed by atoms with Crippen LogP contribution in [0.1, 0.15) is 42.7 Å². The van der Waals surface area contributed by atoms with Gasteiger partial charge in [-0.1, -0.05) is 24.3 Å². The predicted octanol–water partition coefficient (Wildman–Crippen LogP) is 4.60. The molecule has 1 aliphatic carbocycles. The molecule has 0 saturated heterocycles. The molecular formula is C27H28FNO5. The molecule has 0 saturated carbocycles. The maximum Gasteiger partial charge on any atom is 0.315 e. The van der Waals surface area contributed by atoms with E-state index in [4.69, 9.17) is 19.2 Å². The Hall–Kier alpha value is -3.32. The van der Waals surface area contributed by atoms with Gasteiger partial charge in [0.15, 0.2) is 5.78 Å². The Morgan fingerprint density at radius 1 is 1.00 bits per heavy atom. The minimum Gasteiger partial charge on any atom is -0.497 e. The fourth-order valence-electron chi connectivity index (χ4n) is 4.82. The summed E-state index contributed by atoms with van der Waals surface area (Å²) in [6.07, 6.45) is 0.886. The first kappa shape index (κ1) is 23.8. The van der Waals surface area contributed by atoms with E-state index in [0.717, 1.165) is 11.3 Å². The van der Waals surface area contributed by atoms with Crippen LogP contribution in [-0.4, -0.2) is 44.9 Å². The monoisotopic (exact) mass is 465 g/mol. The largest absolute Gasteiger partial charge is 0.497 e. The molecule has 2 aromatic rings. The van der Waals surface area contributed by atoms with Crippen LogP contribution < -0.4 is 4.74 Å². The van der Waals surface area contributed by atoms with E-state index in [9.17, 15) is 14.0 Å². The number of methoxy groups -OCH3 is 2. The lowest BCUT2D eigenvalue weighted by atomic mass is 9.69. The Bertz CT molecular complexity index is 1120. The topological polar surface area (TPSA) is 74.2 Å². The zero-order valence-corrected chi connectivity index (χ0v) is 19.5. The Morgan fingerprint density at radius 2 is 1.68 bits per heavy atom. The summed E-state index contributed by atoms with van der Waals surface area (Å²) >= 11 is 0. The number of esters is 1. The first-order valence-corrected chi connectivity index (χ1v) is 11.3. The number of aliphatic imine (C=N–C) groups is 1. The number of hydrogen-bond acceptors (Lipinski definition) is 6. The molecule has 0 N–H and O–H groups in total. The van der Waals surface area contributed by atoms with E-state index in [1.54, 1.807) is 26.2 Å². The number of allylic oxidation sites excluding steroid dienone is 2. The van der Waals surface area contributed by atoms with Crippen LogP contribution in [0.3, 0.4) is 0 Å². The minimum absolute atomic E-state index is 0.0206. The van der Waals surface area contributed by atoms with Gasteiger partial charge in [0.05, 0.1) is 13.7 Å². The van der Waals surface area contributed by atoms with Gasteiger partial charge in [-0.2, -0.15) is 0 Å². The Morgan fingerprint density at radius 3 is 2.32 bits per heavy atom. The highest BCUT2D eigenvalue weighted by Gasteiger charge is 2.44. The number of carbonyl (C=O) groups excluding carboxylic acids is 2. The molecule has 0 radical (unpaired) electrons. The van der Waals surface area contributed by atoms with Crippen molar-refractivity contribution < 1.29 is 28.2 Å². The van der Waals surface area contributed by atoms with E-state index in [1.165, 1.54) is 19.2 Å². The number of hydrogen-bond donors (Lipinski definition) is 0. The van der Waals surface area contributed by atoms with E-state index in [2.05, 4.69) is 0 Å². The van der Waals surface area contributed by atoms with Crippen molar-refractivity contribution in [2.75, 3.05) is 27.4 Å². The van der Waals surface area contributed by atoms with E-state index in [-0.39, 0.29) is 30.7 Å². The van der Waals surface area contributed by atoms with Crippen LogP contribution in [0.5, 0.6) is 5.75 Å². The van der Waals surface area contributed by atoms with Crippen molar-refractivity contribution in [3.8, 4) is 5.75 Å². The van der Waals surface area contributed by atoms with Crippen LogP contribution in [0.4, 0.5) is 4.39 Å². The average molecular weight is 466 g/mol. The summed E-state index contributed by atoms with van der Waals surface area (Å²) in [4.78, 5) is 31.3. The highest BCUT2D eigenvalue weighted by molar-refractivity contribution is 6.09. The molecule has 0 amide bonds.